The van der Waals surface area contributed by atoms with Crippen molar-refractivity contribution < 1.29 is 9.59 Å². The van der Waals surface area contributed by atoms with Gasteiger partial charge in [-0.25, -0.2) is 0 Å². The fourth-order valence-corrected chi connectivity index (χ4v) is 2.09. The van der Waals surface area contributed by atoms with Gasteiger partial charge in [-0.05, 0) is 19.8 Å². The highest BCUT2D eigenvalue weighted by molar-refractivity contribution is 5.87. The maximum absolute atomic E-state index is 11.6. The lowest BCUT2D eigenvalue weighted by molar-refractivity contribution is -0.134. The lowest BCUT2D eigenvalue weighted by atomic mass is 9.78. The highest BCUT2D eigenvalue weighted by Crippen LogP contribution is 2.29. The molecule has 0 aromatic rings. The average Bonchev–Trinajstić information content (AvgIpc) is 2.18. The van der Waals surface area contributed by atoms with E-state index in [0.717, 1.165) is 25.7 Å². The van der Waals surface area contributed by atoms with E-state index in [4.69, 9.17) is 5.73 Å². The molecule has 2 atom stereocenters. The van der Waals surface area contributed by atoms with Crippen molar-refractivity contribution in [3.63, 3.8) is 0 Å². The van der Waals surface area contributed by atoms with Crippen LogP contribution in [0.1, 0.15) is 32.6 Å². The number of nitrogens with two attached hydrogens (primary N) is 1. The van der Waals surface area contributed by atoms with Crippen molar-refractivity contribution in [1.29, 1.82) is 0 Å². The summed E-state index contributed by atoms with van der Waals surface area (Å²) in [6, 6.07) is 0. The van der Waals surface area contributed by atoms with E-state index < -0.39 is 0 Å². The molecule has 1 fully saturated rings. The molecule has 1 aliphatic rings. The van der Waals surface area contributed by atoms with E-state index in [2.05, 4.69) is 5.32 Å². The Morgan fingerprint density at radius 2 is 1.86 bits per heavy atom. The second-order valence-corrected chi connectivity index (χ2v) is 3.79. The van der Waals surface area contributed by atoms with Crippen LogP contribution in [0, 0.1) is 11.8 Å². The summed E-state index contributed by atoms with van der Waals surface area (Å²) in [5.74, 6) is -0.798. The van der Waals surface area contributed by atoms with Crippen LogP contribution in [-0.4, -0.2) is 18.4 Å². The molecule has 14 heavy (non-hydrogen) atoms. The SMILES string of the molecule is CCNC(=O)C1CCCCC1C(N)=O. The van der Waals surface area contributed by atoms with E-state index in [0.29, 0.717) is 6.54 Å². The highest BCUT2D eigenvalue weighted by atomic mass is 16.2. The standard InChI is InChI=1S/C10H18N2O2/c1-2-12-10(14)8-6-4-3-5-7(8)9(11)13/h7-8H,2-6H2,1H3,(H2,11,13)(H,12,14). The van der Waals surface area contributed by atoms with Crippen molar-refractivity contribution in [2.24, 2.45) is 17.6 Å². The van der Waals surface area contributed by atoms with Crippen LogP contribution in [0.5, 0.6) is 0 Å². The van der Waals surface area contributed by atoms with E-state index in [1.54, 1.807) is 0 Å². The predicted octanol–water partition coefficient (Wildman–Crippen LogP) is 0.414. The first kappa shape index (κ1) is 11.0. The molecular weight excluding hydrogens is 180 g/mol. The van der Waals surface area contributed by atoms with Crippen LogP contribution in [0.4, 0.5) is 0 Å². The minimum Gasteiger partial charge on any atom is -0.369 e. The monoisotopic (exact) mass is 198 g/mol. The molecule has 80 valence electrons. The molecular formula is C10H18N2O2. The summed E-state index contributed by atoms with van der Waals surface area (Å²) >= 11 is 0. The topological polar surface area (TPSA) is 72.2 Å². The highest BCUT2D eigenvalue weighted by Gasteiger charge is 2.33. The number of hydrogen-bond donors (Lipinski definition) is 2. The molecule has 0 aromatic heterocycles. The quantitative estimate of drug-likeness (QED) is 0.689. The number of carbonyl (C=O) groups excluding carboxylic acids is 2. The summed E-state index contributed by atoms with van der Waals surface area (Å²) in [4.78, 5) is 22.7. The minimum atomic E-state index is -0.332. The Hall–Kier alpha value is -1.06. The fourth-order valence-electron chi connectivity index (χ4n) is 2.09. The first-order chi connectivity index (χ1) is 6.66. The molecule has 2 unspecified atom stereocenters. The van der Waals surface area contributed by atoms with Crippen LogP contribution in [0.25, 0.3) is 0 Å². The Bertz CT molecular complexity index is 228. The van der Waals surface area contributed by atoms with Gasteiger partial charge in [-0.15, -0.1) is 0 Å². The molecule has 4 heteroatoms. The van der Waals surface area contributed by atoms with Gasteiger partial charge in [-0.2, -0.15) is 0 Å². The van der Waals surface area contributed by atoms with E-state index >= 15 is 0 Å². The molecule has 1 saturated carbocycles. The number of rotatable bonds is 3. The molecule has 4 nitrogen and oxygen atoms in total. The van der Waals surface area contributed by atoms with Gasteiger partial charge in [-0.3, -0.25) is 9.59 Å². The van der Waals surface area contributed by atoms with Crippen molar-refractivity contribution in [3.05, 3.63) is 0 Å². The average molecular weight is 198 g/mol. The van der Waals surface area contributed by atoms with Gasteiger partial charge in [0.25, 0.3) is 0 Å². The molecule has 1 rings (SSSR count). The van der Waals surface area contributed by atoms with Gasteiger partial charge in [0, 0.05) is 18.4 Å². The Morgan fingerprint density at radius 3 is 2.36 bits per heavy atom. The summed E-state index contributed by atoms with van der Waals surface area (Å²) in [5.41, 5.74) is 5.27. The Balaban J connectivity index is 2.62. The lowest BCUT2D eigenvalue weighted by Crippen LogP contribution is -2.41. The van der Waals surface area contributed by atoms with Crippen LogP contribution < -0.4 is 11.1 Å². The van der Waals surface area contributed by atoms with Crippen LogP contribution in [-0.2, 0) is 9.59 Å². The molecule has 0 aromatic carbocycles. The summed E-state index contributed by atoms with van der Waals surface area (Å²) < 4.78 is 0. The zero-order valence-corrected chi connectivity index (χ0v) is 8.58. The van der Waals surface area contributed by atoms with Gasteiger partial charge >= 0.3 is 0 Å². The number of primary amides is 1. The van der Waals surface area contributed by atoms with Crippen molar-refractivity contribution in [1.82, 2.24) is 5.32 Å². The molecule has 3 N–H and O–H groups in total. The maximum Gasteiger partial charge on any atom is 0.223 e. The lowest BCUT2D eigenvalue weighted by Gasteiger charge is -2.27. The third-order valence-electron chi connectivity index (χ3n) is 2.82. The van der Waals surface area contributed by atoms with Crippen LogP contribution in [0.15, 0.2) is 0 Å². The van der Waals surface area contributed by atoms with Gasteiger partial charge in [0.1, 0.15) is 0 Å². The zero-order chi connectivity index (χ0) is 10.6. The first-order valence-electron chi connectivity index (χ1n) is 5.23. The van der Waals surface area contributed by atoms with Crippen LogP contribution >= 0.6 is 0 Å². The first-order valence-corrected chi connectivity index (χ1v) is 5.23. The van der Waals surface area contributed by atoms with Crippen LogP contribution in [0.2, 0.25) is 0 Å². The normalized spacial score (nSPS) is 26.9. The van der Waals surface area contributed by atoms with Crippen molar-refractivity contribution >= 4 is 11.8 Å². The molecule has 0 bridgehead atoms. The molecule has 0 radical (unpaired) electrons. The van der Waals surface area contributed by atoms with Crippen molar-refractivity contribution in [2.75, 3.05) is 6.54 Å². The third kappa shape index (κ3) is 2.47. The largest absolute Gasteiger partial charge is 0.369 e. The smallest absolute Gasteiger partial charge is 0.223 e. The van der Waals surface area contributed by atoms with E-state index in [-0.39, 0.29) is 23.7 Å². The maximum atomic E-state index is 11.6. The molecule has 0 saturated heterocycles. The van der Waals surface area contributed by atoms with E-state index in [1.165, 1.54) is 0 Å². The third-order valence-corrected chi connectivity index (χ3v) is 2.82. The summed E-state index contributed by atoms with van der Waals surface area (Å²) in [6.45, 7) is 2.49. The molecule has 1 aliphatic carbocycles. The van der Waals surface area contributed by atoms with Crippen molar-refractivity contribution in [2.45, 2.75) is 32.6 Å². The van der Waals surface area contributed by atoms with Gasteiger partial charge < -0.3 is 11.1 Å². The second-order valence-electron chi connectivity index (χ2n) is 3.79. The van der Waals surface area contributed by atoms with E-state index in [1.807, 2.05) is 6.92 Å². The number of hydrogen-bond acceptors (Lipinski definition) is 2. The van der Waals surface area contributed by atoms with Gasteiger partial charge in [0.05, 0.1) is 0 Å². The zero-order valence-electron chi connectivity index (χ0n) is 8.58. The van der Waals surface area contributed by atoms with Gasteiger partial charge in [0.2, 0.25) is 11.8 Å². The molecule has 2 amide bonds. The summed E-state index contributed by atoms with van der Waals surface area (Å²) in [7, 11) is 0. The molecule has 0 aliphatic heterocycles. The summed E-state index contributed by atoms with van der Waals surface area (Å²) in [6.07, 6.45) is 3.58. The second kappa shape index (κ2) is 4.98. The van der Waals surface area contributed by atoms with Gasteiger partial charge in [0.15, 0.2) is 0 Å². The Kier molecular flexibility index (Phi) is 3.92. The minimum absolute atomic E-state index is 0.0176. The van der Waals surface area contributed by atoms with Crippen LogP contribution in [0.3, 0.4) is 0 Å². The fraction of sp³-hybridized carbons (Fsp3) is 0.800. The molecule has 0 heterocycles. The summed E-state index contributed by atoms with van der Waals surface area (Å²) in [5, 5.41) is 2.75. The predicted molar refractivity (Wildman–Crippen MR) is 53.3 cm³/mol. The van der Waals surface area contributed by atoms with E-state index in [9.17, 15) is 9.59 Å². The van der Waals surface area contributed by atoms with Crippen molar-refractivity contribution in [3.8, 4) is 0 Å². The Labute approximate surface area is 84.2 Å². The number of nitrogens with one attached hydrogen (secondary N) is 1. The number of carbonyl (C=O) groups is 2. The number of amides is 2. The van der Waals surface area contributed by atoms with Gasteiger partial charge in [-0.1, -0.05) is 12.8 Å². The molecule has 0 spiro atoms. The Morgan fingerprint density at radius 1 is 1.29 bits per heavy atom.